The molecule has 0 aromatic heterocycles. The maximum Gasteiger partial charge on any atom is 0.111 e. The van der Waals surface area contributed by atoms with Crippen molar-refractivity contribution in [2.45, 2.75) is 38.5 Å². The molecule has 4 rings (SSSR count). The number of nitrogens with zero attached hydrogens (tertiary/aromatic N) is 1. The van der Waals surface area contributed by atoms with Crippen LogP contribution in [0.2, 0.25) is 0 Å². The summed E-state index contributed by atoms with van der Waals surface area (Å²) in [6.45, 7) is 6.71. The van der Waals surface area contributed by atoms with Crippen molar-refractivity contribution in [3.8, 4) is 0 Å². The van der Waals surface area contributed by atoms with Gasteiger partial charge in [0.1, 0.15) is 5.76 Å². The van der Waals surface area contributed by atoms with Gasteiger partial charge in [0.25, 0.3) is 0 Å². The van der Waals surface area contributed by atoms with Crippen molar-refractivity contribution in [3.63, 3.8) is 0 Å². The molecule has 0 bridgehead atoms. The molecule has 1 aliphatic carbocycles. The number of fused-ring (bicyclic) bond motifs is 3. The monoisotopic (exact) mass is 296 g/mol. The molecule has 3 nitrogen and oxygen atoms in total. The fraction of sp³-hybridized carbons (Fsp3) is 0.474. The quantitative estimate of drug-likeness (QED) is 0.879. The second-order valence-corrected chi connectivity index (χ2v) is 7.44. The van der Waals surface area contributed by atoms with Crippen LogP contribution in [0.5, 0.6) is 0 Å². The minimum Gasteiger partial charge on any atom is -0.508 e. The van der Waals surface area contributed by atoms with Crippen LogP contribution in [-0.2, 0) is 6.54 Å². The molecule has 3 heteroatoms. The third kappa shape index (κ3) is 1.96. The molecule has 22 heavy (non-hydrogen) atoms. The van der Waals surface area contributed by atoms with Gasteiger partial charge in [0.05, 0.1) is 6.17 Å². The van der Waals surface area contributed by atoms with Gasteiger partial charge < -0.3 is 5.11 Å². The Labute approximate surface area is 132 Å². The third-order valence-electron chi connectivity index (χ3n) is 5.90. The zero-order chi connectivity index (χ0) is 15.4. The van der Waals surface area contributed by atoms with E-state index in [1.165, 1.54) is 5.56 Å². The highest BCUT2D eigenvalue weighted by molar-refractivity contribution is 5.34. The SMILES string of the molecule is CC12C=CC(O)=CC1C1(C)CCN(Cc3ccccc3)C1N2. The Hall–Kier alpha value is -1.58. The highest BCUT2D eigenvalue weighted by Crippen LogP contribution is 2.54. The first-order valence-corrected chi connectivity index (χ1v) is 8.17. The van der Waals surface area contributed by atoms with Gasteiger partial charge in [-0.05, 0) is 31.1 Å². The standard InChI is InChI=1S/C19H24N2O/c1-18-10-11-21(13-14-6-4-3-5-7-14)17(18)20-19(2)9-8-15(22)12-16(18)19/h3-9,12,16-17,20,22H,10-11,13H2,1-2H3. The topological polar surface area (TPSA) is 35.5 Å². The Balaban J connectivity index is 1.63. The molecule has 2 heterocycles. The normalized spacial score (nSPS) is 40.4. The molecule has 4 atom stereocenters. The highest BCUT2D eigenvalue weighted by Gasteiger charge is 2.60. The van der Waals surface area contributed by atoms with Gasteiger partial charge in [-0.2, -0.15) is 0 Å². The average Bonchev–Trinajstić information content (AvgIpc) is 2.92. The van der Waals surface area contributed by atoms with E-state index in [-0.39, 0.29) is 11.0 Å². The van der Waals surface area contributed by atoms with E-state index in [0.717, 1.165) is 19.5 Å². The number of hydrogen-bond acceptors (Lipinski definition) is 3. The number of benzene rings is 1. The average molecular weight is 296 g/mol. The van der Waals surface area contributed by atoms with Crippen molar-refractivity contribution in [1.29, 1.82) is 0 Å². The number of aliphatic hydroxyl groups is 1. The number of allylic oxidation sites excluding steroid dienone is 1. The van der Waals surface area contributed by atoms with Crippen LogP contribution in [0.4, 0.5) is 0 Å². The lowest BCUT2D eigenvalue weighted by Crippen LogP contribution is -2.48. The molecule has 4 unspecified atom stereocenters. The molecule has 0 spiro atoms. The summed E-state index contributed by atoms with van der Waals surface area (Å²) in [5.41, 5.74) is 1.48. The molecule has 116 valence electrons. The summed E-state index contributed by atoms with van der Waals surface area (Å²) in [5, 5.41) is 13.8. The summed E-state index contributed by atoms with van der Waals surface area (Å²) >= 11 is 0. The first-order chi connectivity index (χ1) is 10.5. The molecule has 0 radical (unpaired) electrons. The Morgan fingerprint density at radius 3 is 2.82 bits per heavy atom. The fourth-order valence-corrected chi connectivity index (χ4v) is 4.71. The summed E-state index contributed by atoms with van der Waals surface area (Å²) in [5.74, 6) is 0.753. The minimum absolute atomic E-state index is 0.0546. The van der Waals surface area contributed by atoms with Crippen molar-refractivity contribution >= 4 is 0 Å². The molecule has 0 amide bonds. The lowest BCUT2D eigenvalue weighted by molar-refractivity contribution is 0.158. The van der Waals surface area contributed by atoms with Crippen LogP contribution in [0.1, 0.15) is 25.8 Å². The predicted molar refractivity (Wildman–Crippen MR) is 88.2 cm³/mol. The molecule has 2 fully saturated rings. The number of hydrogen-bond donors (Lipinski definition) is 2. The van der Waals surface area contributed by atoms with Crippen molar-refractivity contribution in [3.05, 3.63) is 59.9 Å². The molecular weight excluding hydrogens is 272 g/mol. The van der Waals surface area contributed by atoms with Crippen molar-refractivity contribution in [2.75, 3.05) is 6.54 Å². The zero-order valence-corrected chi connectivity index (χ0v) is 13.3. The van der Waals surface area contributed by atoms with Crippen LogP contribution >= 0.6 is 0 Å². The fourth-order valence-electron chi connectivity index (χ4n) is 4.71. The van der Waals surface area contributed by atoms with E-state index in [0.29, 0.717) is 17.8 Å². The first-order valence-electron chi connectivity index (χ1n) is 8.17. The van der Waals surface area contributed by atoms with Crippen LogP contribution in [0.15, 0.2) is 54.3 Å². The molecule has 0 saturated carbocycles. The molecule has 2 aliphatic heterocycles. The van der Waals surface area contributed by atoms with E-state index in [4.69, 9.17) is 0 Å². The maximum absolute atomic E-state index is 9.94. The van der Waals surface area contributed by atoms with Gasteiger partial charge in [0.15, 0.2) is 0 Å². The van der Waals surface area contributed by atoms with E-state index in [2.05, 4.69) is 66.5 Å². The van der Waals surface area contributed by atoms with Crippen LogP contribution in [-0.4, -0.2) is 28.3 Å². The Morgan fingerprint density at radius 2 is 2.05 bits per heavy atom. The molecule has 1 aromatic rings. The van der Waals surface area contributed by atoms with E-state index in [1.54, 1.807) is 0 Å². The predicted octanol–water partition coefficient (Wildman–Crippen LogP) is 3.21. The summed E-state index contributed by atoms with van der Waals surface area (Å²) in [4.78, 5) is 2.55. The number of nitrogens with one attached hydrogen (secondary N) is 1. The Bertz CT molecular complexity index is 638. The molecule has 2 N–H and O–H groups in total. The molecular formula is C19H24N2O. The van der Waals surface area contributed by atoms with Gasteiger partial charge in [-0.15, -0.1) is 0 Å². The third-order valence-corrected chi connectivity index (χ3v) is 5.90. The van der Waals surface area contributed by atoms with Crippen LogP contribution in [0.25, 0.3) is 0 Å². The largest absolute Gasteiger partial charge is 0.508 e. The zero-order valence-electron chi connectivity index (χ0n) is 13.3. The first kappa shape index (κ1) is 14.0. The molecule has 2 saturated heterocycles. The summed E-state index contributed by atoms with van der Waals surface area (Å²) < 4.78 is 0. The van der Waals surface area contributed by atoms with Crippen molar-refractivity contribution in [1.82, 2.24) is 10.2 Å². The van der Waals surface area contributed by atoms with Gasteiger partial charge in [0, 0.05) is 30.0 Å². The highest BCUT2D eigenvalue weighted by atomic mass is 16.3. The van der Waals surface area contributed by atoms with E-state index < -0.39 is 0 Å². The summed E-state index contributed by atoms with van der Waals surface area (Å²) in [6, 6.07) is 10.7. The van der Waals surface area contributed by atoms with Gasteiger partial charge in [-0.1, -0.05) is 43.3 Å². The van der Waals surface area contributed by atoms with Gasteiger partial charge in [-0.25, -0.2) is 0 Å². The smallest absolute Gasteiger partial charge is 0.111 e. The van der Waals surface area contributed by atoms with Crippen LogP contribution in [0, 0.1) is 11.3 Å². The summed E-state index contributed by atoms with van der Waals surface area (Å²) in [7, 11) is 0. The maximum atomic E-state index is 9.94. The second kappa shape index (κ2) is 4.71. The van der Waals surface area contributed by atoms with Crippen LogP contribution in [0.3, 0.4) is 0 Å². The van der Waals surface area contributed by atoms with E-state index >= 15 is 0 Å². The second-order valence-electron chi connectivity index (χ2n) is 7.44. The lowest BCUT2D eigenvalue weighted by atomic mass is 9.68. The minimum atomic E-state index is -0.0546. The van der Waals surface area contributed by atoms with Crippen molar-refractivity contribution in [2.24, 2.45) is 11.3 Å². The molecule has 3 aliphatic rings. The van der Waals surface area contributed by atoms with Crippen molar-refractivity contribution < 1.29 is 5.11 Å². The molecule has 1 aromatic carbocycles. The van der Waals surface area contributed by atoms with Gasteiger partial charge in [0.2, 0.25) is 0 Å². The lowest BCUT2D eigenvalue weighted by Gasteiger charge is -2.35. The number of aliphatic hydroxyl groups excluding tert-OH is 1. The summed E-state index contributed by atoms with van der Waals surface area (Å²) in [6.07, 6.45) is 7.54. The van der Waals surface area contributed by atoms with Crippen LogP contribution < -0.4 is 5.32 Å². The van der Waals surface area contributed by atoms with E-state index in [1.807, 2.05) is 6.08 Å². The van der Waals surface area contributed by atoms with Gasteiger partial charge in [-0.3, -0.25) is 10.2 Å². The van der Waals surface area contributed by atoms with Gasteiger partial charge >= 0.3 is 0 Å². The van der Waals surface area contributed by atoms with E-state index in [9.17, 15) is 5.11 Å². The number of rotatable bonds is 2. The Kier molecular flexibility index (Phi) is 3.00. The number of likely N-dealkylation sites (tertiary alicyclic amines) is 1. The Morgan fingerprint density at radius 1 is 1.27 bits per heavy atom.